The van der Waals surface area contributed by atoms with Gasteiger partial charge in [-0.05, 0) is 38.5 Å². The van der Waals surface area contributed by atoms with E-state index < -0.39 is 11.9 Å². The van der Waals surface area contributed by atoms with E-state index in [0.717, 1.165) is 5.56 Å². The minimum Gasteiger partial charge on any atom is -0.452 e. The lowest BCUT2D eigenvalue weighted by molar-refractivity contribution is -0.124. The number of rotatable bonds is 5. The van der Waals surface area contributed by atoms with Crippen LogP contribution in [0.2, 0.25) is 5.02 Å². The molecular weight excluding hydrogens is 320 g/mol. The Balaban J connectivity index is 1.89. The average Bonchev–Trinajstić information content (AvgIpc) is 2.84. The number of halogens is 1. The summed E-state index contributed by atoms with van der Waals surface area (Å²) in [6, 6.07) is 6.93. The van der Waals surface area contributed by atoms with E-state index in [-0.39, 0.29) is 18.2 Å². The molecule has 7 heteroatoms. The van der Waals surface area contributed by atoms with Gasteiger partial charge in [0, 0.05) is 5.02 Å². The predicted molar refractivity (Wildman–Crippen MR) is 84.3 cm³/mol. The highest BCUT2D eigenvalue weighted by Gasteiger charge is 2.20. The summed E-state index contributed by atoms with van der Waals surface area (Å²) in [6.45, 7) is 4.68. The van der Waals surface area contributed by atoms with Gasteiger partial charge in [0.05, 0.1) is 11.7 Å². The maximum atomic E-state index is 11.9. The van der Waals surface area contributed by atoms with Gasteiger partial charge >= 0.3 is 5.97 Å². The molecule has 1 aromatic heterocycles. The summed E-state index contributed by atoms with van der Waals surface area (Å²) in [5.41, 5.74) is 1.55. The lowest BCUT2D eigenvalue weighted by Crippen LogP contribution is -2.31. The average molecular weight is 337 g/mol. The fourth-order valence-electron chi connectivity index (χ4n) is 2.12. The van der Waals surface area contributed by atoms with Crippen LogP contribution in [0.1, 0.15) is 40.3 Å². The normalized spacial score (nSPS) is 11.8. The molecule has 6 nitrogen and oxygen atoms in total. The van der Waals surface area contributed by atoms with Crippen molar-refractivity contribution >= 4 is 23.5 Å². The molecule has 0 radical (unpaired) electrons. The molecule has 1 aromatic carbocycles. The maximum absolute atomic E-state index is 11.9. The fourth-order valence-corrected chi connectivity index (χ4v) is 2.32. The largest absolute Gasteiger partial charge is 0.452 e. The van der Waals surface area contributed by atoms with Crippen molar-refractivity contribution in [3.05, 3.63) is 51.9 Å². The Kier molecular flexibility index (Phi) is 5.39. The molecule has 0 aliphatic heterocycles. The topological polar surface area (TPSA) is 81.4 Å². The summed E-state index contributed by atoms with van der Waals surface area (Å²) in [5.74, 6) is -0.676. The molecule has 1 amide bonds. The van der Waals surface area contributed by atoms with Crippen molar-refractivity contribution in [3.8, 4) is 0 Å². The number of esters is 1. The highest BCUT2D eigenvalue weighted by molar-refractivity contribution is 6.30. The molecular formula is C16H17ClN2O4. The van der Waals surface area contributed by atoms with Crippen molar-refractivity contribution in [1.82, 2.24) is 10.5 Å². The maximum Gasteiger partial charge on any atom is 0.344 e. The Labute approximate surface area is 138 Å². The molecule has 0 aliphatic rings. The summed E-state index contributed by atoms with van der Waals surface area (Å²) in [5, 5.41) is 7.00. The van der Waals surface area contributed by atoms with Crippen molar-refractivity contribution in [1.29, 1.82) is 0 Å². The number of nitrogens with zero attached hydrogens (tertiary/aromatic N) is 1. The van der Waals surface area contributed by atoms with Crippen molar-refractivity contribution < 1.29 is 18.8 Å². The summed E-state index contributed by atoms with van der Waals surface area (Å²) in [6.07, 6.45) is 0. The van der Waals surface area contributed by atoms with Gasteiger partial charge in [0.15, 0.2) is 6.61 Å². The van der Waals surface area contributed by atoms with Gasteiger partial charge in [-0.3, -0.25) is 4.79 Å². The number of carbonyl (C=O) groups excluding carboxylic acids is 2. The SMILES string of the molecule is Cc1noc(C)c1C(=O)OCC(=O)N[C@H](C)c1cccc(Cl)c1. The Hall–Kier alpha value is -2.34. The zero-order chi connectivity index (χ0) is 17.0. The first-order chi connectivity index (χ1) is 10.9. The third-order valence-electron chi connectivity index (χ3n) is 3.30. The number of aromatic nitrogens is 1. The van der Waals surface area contributed by atoms with E-state index in [0.29, 0.717) is 16.5 Å². The minimum atomic E-state index is -0.633. The highest BCUT2D eigenvalue weighted by Crippen LogP contribution is 2.17. The van der Waals surface area contributed by atoms with E-state index in [1.807, 2.05) is 13.0 Å². The van der Waals surface area contributed by atoms with Gasteiger partial charge in [0.1, 0.15) is 11.3 Å². The van der Waals surface area contributed by atoms with Crippen LogP contribution >= 0.6 is 11.6 Å². The second-order valence-corrected chi connectivity index (χ2v) is 5.56. The zero-order valence-electron chi connectivity index (χ0n) is 13.1. The number of amides is 1. The van der Waals surface area contributed by atoms with Gasteiger partial charge < -0.3 is 14.6 Å². The third kappa shape index (κ3) is 4.32. The molecule has 0 saturated heterocycles. The third-order valence-corrected chi connectivity index (χ3v) is 3.53. The number of aryl methyl sites for hydroxylation is 2. The second-order valence-electron chi connectivity index (χ2n) is 5.12. The molecule has 0 unspecified atom stereocenters. The lowest BCUT2D eigenvalue weighted by atomic mass is 10.1. The molecule has 1 N–H and O–H groups in total. The summed E-state index contributed by atoms with van der Waals surface area (Å²) >= 11 is 5.92. The van der Waals surface area contributed by atoms with Crippen molar-refractivity contribution in [2.75, 3.05) is 6.61 Å². The lowest BCUT2D eigenvalue weighted by Gasteiger charge is -2.14. The van der Waals surface area contributed by atoms with E-state index in [4.69, 9.17) is 20.9 Å². The quantitative estimate of drug-likeness (QED) is 0.849. The van der Waals surface area contributed by atoms with Crippen LogP contribution in [0.3, 0.4) is 0 Å². The Morgan fingerprint density at radius 3 is 2.74 bits per heavy atom. The number of carbonyl (C=O) groups is 2. The van der Waals surface area contributed by atoms with Gasteiger partial charge in [-0.25, -0.2) is 4.79 Å². The minimum absolute atomic E-state index is 0.251. The van der Waals surface area contributed by atoms with Gasteiger partial charge in [0.2, 0.25) is 0 Å². The van der Waals surface area contributed by atoms with Gasteiger partial charge in [-0.15, -0.1) is 0 Å². The van der Waals surface area contributed by atoms with Crippen LogP contribution in [0.25, 0.3) is 0 Å². The number of hydrogen-bond acceptors (Lipinski definition) is 5. The molecule has 23 heavy (non-hydrogen) atoms. The molecule has 0 fully saturated rings. The standard InChI is InChI=1S/C16H17ClN2O4/c1-9(12-5-4-6-13(17)7-12)18-14(20)8-22-16(21)15-10(2)19-23-11(15)3/h4-7,9H,8H2,1-3H3,(H,18,20)/t9-/m1/s1. The molecule has 0 aliphatic carbocycles. The second kappa shape index (κ2) is 7.28. The number of nitrogens with one attached hydrogen (secondary N) is 1. The van der Waals surface area contributed by atoms with Gasteiger partial charge in [-0.1, -0.05) is 28.9 Å². The zero-order valence-corrected chi connectivity index (χ0v) is 13.8. The van der Waals surface area contributed by atoms with Crippen molar-refractivity contribution in [3.63, 3.8) is 0 Å². The Bertz CT molecular complexity index is 707. The van der Waals surface area contributed by atoms with Crippen LogP contribution in [0.4, 0.5) is 0 Å². The smallest absolute Gasteiger partial charge is 0.344 e. The molecule has 1 heterocycles. The van der Waals surface area contributed by atoms with Crippen LogP contribution in [0, 0.1) is 13.8 Å². The Morgan fingerprint density at radius 1 is 1.39 bits per heavy atom. The molecule has 2 rings (SSSR count). The molecule has 1 atom stereocenters. The van der Waals surface area contributed by atoms with Crippen LogP contribution in [-0.4, -0.2) is 23.6 Å². The predicted octanol–water partition coefficient (Wildman–Crippen LogP) is 2.98. The molecule has 2 aromatic rings. The fraction of sp³-hybridized carbons (Fsp3) is 0.312. The van der Waals surface area contributed by atoms with Crippen LogP contribution in [-0.2, 0) is 9.53 Å². The van der Waals surface area contributed by atoms with E-state index in [2.05, 4.69) is 10.5 Å². The monoisotopic (exact) mass is 336 g/mol. The molecule has 0 spiro atoms. The van der Waals surface area contributed by atoms with E-state index in [9.17, 15) is 9.59 Å². The molecule has 0 bridgehead atoms. The molecule has 0 saturated carbocycles. The van der Waals surface area contributed by atoms with Gasteiger partial charge in [-0.2, -0.15) is 0 Å². The van der Waals surface area contributed by atoms with Gasteiger partial charge in [0.25, 0.3) is 5.91 Å². The van der Waals surface area contributed by atoms with Crippen LogP contribution in [0.5, 0.6) is 0 Å². The van der Waals surface area contributed by atoms with Crippen LogP contribution < -0.4 is 5.32 Å². The van der Waals surface area contributed by atoms with E-state index in [1.54, 1.807) is 32.0 Å². The van der Waals surface area contributed by atoms with E-state index >= 15 is 0 Å². The first-order valence-electron chi connectivity index (χ1n) is 7.03. The van der Waals surface area contributed by atoms with Crippen molar-refractivity contribution in [2.45, 2.75) is 26.8 Å². The summed E-state index contributed by atoms with van der Waals surface area (Å²) in [7, 11) is 0. The van der Waals surface area contributed by atoms with E-state index in [1.165, 1.54) is 0 Å². The summed E-state index contributed by atoms with van der Waals surface area (Å²) in [4.78, 5) is 23.8. The number of hydrogen-bond donors (Lipinski definition) is 1. The Morgan fingerprint density at radius 2 is 2.13 bits per heavy atom. The first kappa shape index (κ1) is 17.0. The molecule has 122 valence electrons. The number of benzene rings is 1. The summed E-state index contributed by atoms with van der Waals surface area (Å²) < 4.78 is 9.89. The van der Waals surface area contributed by atoms with Crippen LogP contribution in [0.15, 0.2) is 28.8 Å². The van der Waals surface area contributed by atoms with Crippen molar-refractivity contribution in [2.24, 2.45) is 0 Å². The number of ether oxygens (including phenoxy) is 1. The highest BCUT2D eigenvalue weighted by atomic mass is 35.5. The first-order valence-corrected chi connectivity index (χ1v) is 7.41.